The molecule has 2 heterocycles. The minimum Gasteiger partial charge on any atom is -0.491 e. The van der Waals surface area contributed by atoms with Crippen LogP contribution in [0, 0.1) is 5.82 Å². The molecule has 1 atom stereocenters. The number of rotatable bonds is 7. The van der Waals surface area contributed by atoms with Gasteiger partial charge in [-0.3, -0.25) is 4.79 Å². The van der Waals surface area contributed by atoms with Crippen molar-refractivity contribution < 1.29 is 27.1 Å². The zero-order valence-corrected chi connectivity index (χ0v) is 21.1. The van der Waals surface area contributed by atoms with Crippen LogP contribution in [0.5, 0.6) is 5.75 Å². The fourth-order valence-corrected chi connectivity index (χ4v) is 6.31. The Labute approximate surface area is 217 Å². The van der Waals surface area contributed by atoms with Crippen LogP contribution in [-0.4, -0.2) is 56.0 Å². The van der Waals surface area contributed by atoms with Gasteiger partial charge in [-0.1, -0.05) is 35.9 Å². The summed E-state index contributed by atoms with van der Waals surface area (Å²) in [5, 5.41) is 0.613. The second-order valence-corrected chi connectivity index (χ2v) is 10.9. The van der Waals surface area contributed by atoms with Gasteiger partial charge in [-0.15, -0.1) is 0 Å². The van der Waals surface area contributed by atoms with Crippen molar-refractivity contribution in [1.29, 1.82) is 0 Å². The number of nitrogens with one attached hydrogen (secondary N) is 1. The van der Waals surface area contributed by atoms with Crippen LogP contribution in [0.2, 0.25) is 5.02 Å². The number of fused-ring (bicyclic) bond motifs is 1. The third-order valence-corrected chi connectivity index (χ3v) is 8.27. The number of amides is 1. The van der Waals surface area contributed by atoms with Gasteiger partial charge >= 0.3 is 0 Å². The SMILES string of the molecule is NC(=O)c1[nH]c2ccc(Cl)cc2c1S(=O)(=O)N1CCO[C@H](COc2cccc(-c3cccc(F)c3)c2)C1. The molecule has 0 saturated carbocycles. The molecular weight excluding hydrogens is 521 g/mol. The first-order chi connectivity index (χ1) is 17.7. The molecule has 0 unspecified atom stereocenters. The maximum absolute atomic E-state index is 13.7. The van der Waals surface area contributed by atoms with Crippen LogP contribution >= 0.6 is 11.6 Å². The molecule has 1 aliphatic rings. The van der Waals surface area contributed by atoms with Gasteiger partial charge in [0.15, 0.2) is 0 Å². The van der Waals surface area contributed by atoms with Crippen LogP contribution in [0.25, 0.3) is 22.0 Å². The molecule has 192 valence electrons. The number of ether oxygens (including phenoxy) is 2. The van der Waals surface area contributed by atoms with Crippen molar-refractivity contribution in [3.05, 3.63) is 83.3 Å². The summed E-state index contributed by atoms with van der Waals surface area (Å²) < 4.78 is 53.9. The van der Waals surface area contributed by atoms with Crippen LogP contribution in [-0.2, 0) is 14.8 Å². The van der Waals surface area contributed by atoms with E-state index in [1.807, 2.05) is 6.07 Å². The molecule has 1 aromatic heterocycles. The van der Waals surface area contributed by atoms with E-state index in [2.05, 4.69) is 4.98 Å². The van der Waals surface area contributed by atoms with E-state index in [1.54, 1.807) is 42.5 Å². The number of halogens is 2. The fraction of sp³-hybridized carbons (Fsp3) is 0.192. The summed E-state index contributed by atoms with van der Waals surface area (Å²) in [7, 11) is -4.13. The van der Waals surface area contributed by atoms with E-state index in [1.165, 1.54) is 22.5 Å². The van der Waals surface area contributed by atoms with Crippen LogP contribution in [0.15, 0.2) is 71.6 Å². The Balaban J connectivity index is 1.35. The van der Waals surface area contributed by atoms with Gasteiger partial charge in [-0.25, -0.2) is 12.8 Å². The molecule has 3 aromatic carbocycles. The quantitative estimate of drug-likeness (QED) is 0.363. The summed E-state index contributed by atoms with van der Waals surface area (Å²) >= 11 is 6.10. The van der Waals surface area contributed by atoms with E-state index in [4.69, 9.17) is 26.8 Å². The molecule has 1 saturated heterocycles. The number of H-pyrrole nitrogens is 1. The van der Waals surface area contributed by atoms with Gasteiger partial charge in [-0.05, 0) is 53.6 Å². The van der Waals surface area contributed by atoms with Gasteiger partial charge in [-0.2, -0.15) is 4.31 Å². The highest BCUT2D eigenvalue weighted by molar-refractivity contribution is 7.89. The molecule has 0 bridgehead atoms. The molecule has 1 amide bonds. The van der Waals surface area contributed by atoms with E-state index in [0.29, 0.717) is 21.9 Å². The predicted octanol–water partition coefficient (Wildman–Crippen LogP) is 4.19. The number of sulfonamides is 1. The average molecular weight is 544 g/mol. The van der Waals surface area contributed by atoms with E-state index in [-0.39, 0.29) is 48.1 Å². The van der Waals surface area contributed by atoms with Gasteiger partial charge in [0.05, 0.1) is 6.61 Å². The number of hydrogen-bond acceptors (Lipinski definition) is 5. The molecule has 0 radical (unpaired) electrons. The van der Waals surface area contributed by atoms with Crippen molar-refractivity contribution in [2.75, 3.05) is 26.3 Å². The topological polar surface area (TPSA) is 115 Å². The number of carbonyl (C=O) groups excluding carboxylic acids is 1. The summed E-state index contributed by atoms with van der Waals surface area (Å²) in [4.78, 5) is 14.7. The van der Waals surface area contributed by atoms with Gasteiger partial charge < -0.3 is 20.2 Å². The van der Waals surface area contributed by atoms with Crippen LogP contribution in [0.3, 0.4) is 0 Å². The maximum Gasteiger partial charge on any atom is 0.266 e. The van der Waals surface area contributed by atoms with Crippen molar-refractivity contribution in [2.45, 2.75) is 11.0 Å². The molecule has 8 nitrogen and oxygen atoms in total. The number of nitrogens with zero attached hydrogens (tertiary/aromatic N) is 1. The standard InChI is InChI=1S/C26H23ClFN3O5S/c27-18-7-8-23-22(13-18)25(24(30-23)26(29)32)37(33,34)31-9-10-35-21(14-31)15-36-20-6-2-4-17(12-20)16-3-1-5-19(28)11-16/h1-8,11-13,21,30H,9-10,14-15H2,(H2,29,32)/t21-/m0/s1. The molecule has 1 fully saturated rings. The van der Waals surface area contributed by atoms with E-state index >= 15 is 0 Å². The summed E-state index contributed by atoms with van der Waals surface area (Å²) in [5.74, 6) is -0.692. The van der Waals surface area contributed by atoms with Crippen LogP contribution in [0.4, 0.5) is 4.39 Å². The number of morpholine rings is 1. The summed E-state index contributed by atoms with van der Waals surface area (Å²) in [6.45, 7) is 0.337. The second-order valence-electron chi connectivity index (χ2n) is 8.59. The minimum absolute atomic E-state index is 0.0113. The molecular formula is C26H23ClFN3O5S. The predicted molar refractivity (Wildman–Crippen MR) is 138 cm³/mol. The lowest BCUT2D eigenvalue weighted by Crippen LogP contribution is -2.47. The van der Waals surface area contributed by atoms with Crippen molar-refractivity contribution in [3.63, 3.8) is 0 Å². The zero-order valence-electron chi connectivity index (χ0n) is 19.5. The number of benzene rings is 3. The highest BCUT2D eigenvalue weighted by atomic mass is 35.5. The Kier molecular flexibility index (Phi) is 6.91. The Morgan fingerprint density at radius 1 is 1.14 bits per heavy atom. The van der Waals surface area contributed by atoms with E-state index in [9.17, 15) is 17.6 Å². The molecule has 0 spiro atoms. The molecule has 3 N–H and O–H groups in total. The van der Waals surface area contributed by atoms with Crippen molar-refractivity contribution in [3.8, 4) is 16.9 Å². The Bertz CT molecular complexity index is 1590. The first kappa shape index (κ1) is 25.2. The number of primary amides is 1. The monoisotopic (exact) mass is 543 g/mol. The van der Waals surface area contributed by atoms with E-state index < -0.39 is 22.0 Å². The molecule has 37 heavy (non-hydrogen) atoms. The highest BCUT2D eigenvalue weighted by Gasteiger charge is 2.36. The zero-order chi connectivity index (χ0) is 26.2. The Morgan fingerprint density at radius 3 is 2.65 bits per heavy atom. The lowest BCUT2D eigenvalue weighted by molar-refractivity contribution is -0.0249. The Morgan fingerprint density at radius 2 is 1.89 bits per heavy atom. The Hall–Kier alpha value is -3.44. The maximum atomic E-state index is 13.7. The lowest BCUT2D eigenvalue weighted by Gasteiger charge is -2.32. The van der Waals surface area contributed by atoms with Gasteiger partial charge in [0.2, 0.25) is 10.0 Å². The third-order valence-electron chi connectivity index (χ3n) is 6.09. The van der Waals surface area contributed by atoms with Crippen molar-refractivity contribution >= 4 is 38.4 Å². The van der Waals surface area contributed by atoms with Crippen molar-refractivity contribution in [2.24, 2.45) is 5.73 Å². The number of aromatic amines is 1. The number of nitrogens with two attached hydrogens (primary N) is 1. The highest BCUT2D eigenvalue weighted by Crippen LogP contribution is 2.32. The molecule has 1 aliphatic heterocycles. The van der Waals surface area contributed by atoms with Gasteiger partial charge in [0.25, 0.3) is 5.91 Å². The van der Waals surface area contributed by atoms with E-state index in [0.717, 1.165) is 5.56 Å². The van der Waals surface area contributed by atoms with Gasteiger partial charge in [0, 0.05) is 29.0 Å². The normalized spacial score (nSPS) is 16.6. The number of carbonyl (C=O) groups is 1. The first-order valence-electron chi connectivity index (χ1n) is 11.4. The largest absolute Gasteiger partial charge is 0.491 e. The van der Waals surface area contributed by atoms with Crippen LogP contribution in [0.1, 0.15) is 10.5 Å². The smallest absolute Gasteiger partial charge is 0.266 e. The number of aromatic nitrogens is 1. The van der Waals surface area contributed by atoms with Crippen molar-refractivity contribution in [1.82, 2.24) is 9.29 Å². The van der Waals surface area contributed by atoms with Crippen LogP contribution < -0.4 is 10.5 Å². The average Bonchev–Trinajstić information content (AvgIpc) is 3.28. The minimum atomic E-state index is -4.13. The lowest BCUT2D eigenvalue weighted by atomic mass is 10.1. The third kappa shape index (κ3) is 5.19. The molecule has 0 aliphatic carbocycles. The summed E-state index contributed by atoms with van der Waals surface area (Å²) in [6.07, 6.45) is -0.563. The summed E-state index contributed by atoms with van der Waals surface area (Å²) in [6, 6.07) is 18.1. The second kappa shape index (κ2) is 10.1. The molecule has 4 aromatic rings. The summed E-state index contributed by atoms with van der Waals surface area (Å²) in [5.41, 5.74) is 7.21. The molecule has 11 heteroatoms. The fourth-order valence-electron chi connectivity index (χ4n) is 4.34. The number of hydrogen-bond donors (Lipinski definition) is 2. The first-order valence-corrected chi connectivity index (χ1v) is 13.3. The van der Waals surface area contributed by atoms with Gasteiger partial charge in [0.1, 0.15) is 34.9 Å². The molecule has 5 rings (SSSR count).